The Hall–Kier alpha value is -1.97. The van der Waals surface area contributed by atoms with Crippen LogP contribution in [0.4, 0.5) is 0 Å². The lowest BCUT2D eigenvalue weighted by Crippen LogP contribution is -2.35. The number of fused-ring (bicyclic) bond motifs is 1. The molecule has 1 atom stereocenters. The lowest BCUT2D eigenvalue weighted by molar-refractivity contribution is -0.108. The van der Waals surface area contributed by atoms with Gasteiger partial charge in [0.25, 0.3) is 11.8 Å². The summed E-state index contributed by atoms with van der Waals surface area (Å²) in [6.45, 7) is 0.371. The standard InChI is InChI=1S/C15H15NO3/c17-8-7-11(10-5-6-10)9-16-14(18)12-3-1-2-4-13(12)15(16)19/h1-4,8,10-11H,5-7,9H2. The van der Waals surface area contributed by atoms with Gasteiger partial charge in [-0.15, -0.1) is 0 Å². The van der Waals surface area contributed by atoms with E-state index >= 15 is 0 Å². The summed E-state index contributed by atoms with van der Waals surface area (Å²) < 4.78 is 0. The van der Waals surface area contributed by atoms with Crippen LogP contribution in [0, 0.1) is 11.8 Å². The lowest BCUT2D eigenvalue weighted by Gasteiger charge is -2.20. The largest absolute Gasteiger partial charge is 0.303 e. The van der Waals surface area contributed by atoms with Gasteiger partial charge < -0.3 is 4.79 Å². The maximum Gasteiger partial charge on any atom is 0.261 e. The number of aldehydes is 1. The first kappa shape index (κ1) is 12.1. The molecule has 0 saturated heterocycles. The van der Waals surface area contributed by atoms with Gasteiger partial charge in [-0.25, -0.2) is 0 Å². The molecule has 1 aliphatic carbocycles. The van der Waals surface area contributed by atoms with Crippen LogP contribution in [0.2, 0.25) is 0 Å². The van der Waals surface area contributed by atoms with E-state index in [2.05, 4.69) is 0 Å². The van der Waals surface area contributed by atoms with E-state index in [1.54, 1.807) is 24.3 Å². The summed E-state index contributed by atoms with van der Waals surface area (Å²) in [5, 5.41) is 0. The van der Waals surface area contributed by atoms with Gasteiger partial charge in [0.15, 0.2) is 0 Å². The minimum atomic E-state index is -0.225. The molecule has 1 fully saturated rings. The second-order valence-electron chi connectivity index (χ2n) is 5.27. The Balaban J connectivity index is 1.81. The monoisotopic (exact) mass is 257 g/mol. The van der Waals surface area contributed by atoms with Crippen molar-refractivity contribution in [2.75, 3.05) is 6.54 Å². The summed E-state index contributed by atoms with van der Waals surface area (Å²) in [5.74, 6) is 0.170. The van der Waals surface area contributed by atoms with E-state index in [1.165, 1.54) is 4.90 Å². The van der Waals surface area contributed by atoms with E-state index in [1.807, 2.05) is 0 Å². The van der Waals surface area contributed by atoms with Crippen LogP contribution in [0.15, 0.2) is 24.3 Å². The highest BCUT2D eigenvalue weighted by atomic mass is 16.2. The molecule has 0 spiro atoms. The first-order chi connectivity index (χ1) is 9.22. The fraction of sp³-hybridized carbons (Fsp3) is 0.400. The number of benzene rings is 1. The van der Waals surface area contributed by atoms with Crippen LogP contribution in [0.1, 0.15) is 40.0 Å². The average molecular weight is 257 g/mol. The van der Waals surface area contributed by atoms with Gasteiger partial charge in [-0.3, -0.25) is 14.5 Å². The van der Waals surface area contributed by atoms with Crippen LogP contribution < -0.4 is 0 Å². The smallest absolute Gasteiger partial charge is 0.261 e. The Kier molecular flexibility index (Phi) is 2.93. The van der Waals surface area contributed by atoms with Gasteiger partial charge in [-0.2, -0.15) is 0 Å². The van der Waals surface area contributed by atoms with E-state index in [-0.39, 0.29) is 17.7 Å². The van der Waals surface area contributed by atoms with Gasteiger partial charge in [-0.1, -0.05) is 12.1 Å². The fourth-order valence-electron chi connectivity index (χ4n) is 2.75. The Morgan fingerprint density at radius 3 is 2.21 bits per heavy atom. The molecule has 4 nitrogen and oxygen atoms in total. The summed E-state index contributed by atoms with van der Waals surface area (Å²) in [6.07, 6.45) is 3.52. The van der Waals surface area contributed by atoms with E-state index in [0.717, 1.165) is 19.1 Å². The van der Waals surface area contributed by atoms with Crippen LogP contribution in [0.5, 0.6) is 0 Å². The molecule has 1 saturated carbocycles. The second kappa shape index (κ2) is 4.61. The molecule has 2 aliphatic rings. The Morgan fingerprint density at radius 2 is 1.74 bits per heavy atom. The topological polar surface area (TPSA) is 54.5 Å². The number of carbonyl (C=O) groups is 3. The van der Waals surface area contributed by atoms with Crippen LogP contribution in [0.3, 0.4) is 0 Å². The average Bonchev–Trinajstić information content (AvgIpc) is 3.23. The van der Waals surface area contributed by atoms with Crippen LogP contribution in [-0.4, -0.2) is 29.5 Å². The van der Waals surface area contributed by atoms with Crippen molar-refractivity contribution in [3.8, 4) is 0 Å². The van der Waals surface area contributed by atoms with E-state index < -0.39 is 0 Å². The number of nitrogens with zero attached hydrogens (tertiary/aromatic N) is 1. The molecule has 2 amide bonds. The van der Waals surface area contributed by atoms with E-state index in [0.29, 0.717) is 30.0 Å². The Morgan fingerprint density at radius 1 is 1.16 bits per heavy atom. The highest BCUT2D eigenvalue weighted by Crippen LogP contribution is 2.39. The van der Waals surface area contributed by atoms with Crippen molar-refractivity contribution in [2.45, 2.75) is 19.3 Å². The van der Waals surface area contributed by atoms with Crippen LogP contribution >= 0.6 is 0 Å². The molecule has 1 unspecified atom stereocenters. The molecule has 1 aromatic rings. The summed E-state index contributed by atoms with van der Waals surface area (Å²) in [6, 6.07) is 6.89. The lowest BCUT2D eigenvalue weighted by atomic mass is 10.00. The van der Waals surface area contributed by atoms with Crippen molar-refractivity contribution >= 4 is 18.1 Å². The summed E-state index contributed by atoms with van der Waals surface area (Å²) >= 11 is 0. The third-order valence-corrected chi connectivity index (χ3v) is 3.98. The third-order valence-electron chi connectivity index (χ3n) is 3.98. The minimum absolute atomic E-state index is 0.125. The number of hydrogen-bond acceptors (Lipinski definition) is 3. The summed E-state index contributed by atoms with van der Waals surface area (Å²) in [7, 11) is 0. The maximum atomic E-state index is 12.2. The zero-order chi connectivity index (χ0) is 13.4. The van der Waals surface area contributed by atoms with E-state index in [9.17, 15) is 14.4 Å². The molecule has 98 valence electrons. The van der Waals surface area contributed by atoms with Gasteiger partial charge in [0.1, 0.15) is 6.29 Å². The molecule has 0 radical (unpaired) electrons. The van der Waals surface area contributed by atoms with Crippen molar-refractivity contribution in [3.63, 3.8) is 0 Å². The van der Waals surface area contributed by atoms with Gasteiger partial charge in [0.2, 0.25) is 0 Å². The van der Waals surface area contributed by atoms with Gasteiger partial charge in [0, 0.05) is 13.0 Å². The first-order valence-corrected chi connectivity index (χ1v) is 6.61. The maximum absolute atomic E-state index is 12.2. The van der Waals surface area contributed by atoms with Gasteiger partial charge in [0.05, 0.1) is 11.1 Å². The number of rotatable bonds is 5. The number of imide groups is 1. The zero-order valence-electron chi connectivity index (χ0n) is 10.5. The second-order valence-corrected chi connectivity index (χ2v) is 5.27. The molecule has 0 aromatic heterocycles. The molecule has 0 bridgehead atoms. The third kappa shape index (κ3) is 2.07. The van der Waals surface area contributed by atoms with Crippen LogP contribution in [-0.2, 0) is 4.79 Å². The predicted molar refractivity (Wildman–Crippen MR) is 68.7 cm³/mol. The predicted octanol–water partition coefficient (Wildman–Crippen LogP) is 1.90. The Labute approximate surface area is 111 Å². The van der Waals surface area contributed by atoms with Gasteiger partial charge >= 0.3 is 0 Å². The summed E-state index contributed by atoms with van der Waals surface area (Å²) in [4.78, 5) is 36.4. The quantitative estimate of drug-likeness (QED) is 0.598. The van der Waals surface area contributed by atoms with E-state index in [4.69, 9.17) is 0 Å². The molecule has 19 heavy (non-hydrogen) atoms. The fourth-order valence-corrected chi connectivity index (χ4v) is 2.75. The number of amides is 2. The highest BCUT2D eigenvalue weighted by Gasteiger charge is 2.39. The van der Waals surface area contributed by atoms with Crippen molar-refractivity contribution < 1.29 is 14.4 Å². The summed E-state index contributed by atoms with van der Waals surface area (Å²) in [5.41, 5.74) is 0.960. The Bertz CT molecular complexity index is 513. The SMILES string of the molecule is O=CCC(CN1C(=O)c2ccccc2C1=O)C1CC1. The molecule has 1 heterocycles. The van der Waals surface area contributed by atoms with Gasteiger partial charge in [-0.05, 0) is 36.8 Å². The normalized spacial score (nSPS) is 19.5. The molecule has 1 aromatic carbocycles. The minimum Gasteiger partial charge on any atom is -0.303 e. The van der Waals surface area contributed by atoms with Crippen molar-refractivity contribution in [1.82, 2.24) is 4.90 Å². The van der Waals surface area contributed by atoms with Crippen molar-refractivity contribution in [2.24, 2.45) is 11.8 Å². The molecule has 3 rings (SSSR count). The molecular weight excluding hydrogens is 242 g/mol. The van der Waals surface area contributed by atoms with Crippen LogP contribution in [0.25, 0.3) is 0 Å². The molecular formula is C15H15NO3. The number of carbonyl (C=O) groups excluding carboxylic acids is 3. The molecule has 0 N–H and O–H groups in total. The number of hydrogen-bond donors (Lipinski definition) is 0. The van der Waals surface area contributed by atoms with Crippen molar-refractivity contribution in [1.29, 1.82) is 0 Å². The zero-order valence-corrected chi connectivity index (χ0v) is 10.5. The highest BCUT2D eigenvalue weighted by molar-refractivity contribution is 6.21. The molecule has 1 aliphatic heterocycles. The first-order valence-electron chi connectivity index (χ1n) is 6.61. The molecule has 4 heteroatoms. The van der Waals surface area contributed by atoms with Crippen molar-refractivity contribution in [3.05, 3.63) is 35.4 Å².